The molecule has 1 amide bonds. The van der Waals surface area contributed by atoms with Crippen LogP contribution in [0.5, 0.6) is 0 Å². The summed E-state index contributed by atoms with van der Waals surface area (Å²) in [5, 5.41) is 5.41. The van der Waals surface area contributed by atoms with Gasteiger partial charge >= 0.3 is 0 Å². The largest absolute Gasteiger partial charge is 0.352 e. The van der Waals surface area contributed by atoms with Gasteiger partial charge in [0.05, 0.1) is 10.2 Å². The molecule has 0 aliphatic carbocycles. The molecule has 1 aromatic heterocycles. The van der Waals surface area contributed by atoms with Gasteiger partial charge in [-0.1, -0.05) is 52.7 Å². The van der Waals surface area contributed by atoms with Gasteiger partial charge in [-0.2, -0.15) is 0 Å². The predicted molar refractivity (Wildman–Crippen MR) is 113 cm³/mol. The number of amides is 1. The van der Waals surface area contributed by atoms with E-state index in [0.717, 1.165) is 46.8 Å². The van der Waals surface area contributed by atoms with Gasteiger partial charge in [-0.25, -0.2) is 4.98 Å². The SMILES string of the molecule is O=C(NCc1ccccc1Cl)C1CCN(c2nc3cc(Cl)ccc3s2)CC1. The molecule has 0 atom stereocenters. The van der Waals surface area contributed by atoms with Crippen molar-refractivity contribution in [1.29, 1.82) is 0 Å². The van der Waals surface area contributed by atoms with Crippen LogP contribution in [0.25, 0.3) is 10.2 Å². The van der Waals surface area contributed by atoms with E-state index in [-0.39, 0.29) is 11.8 Å². The van der Waals surface area contributed by atoms with E-state index in [9.17, 15) is 4.79 Å². The van der Waals surface area contributed by atoms with Gasteiger partial charge in [0.1, 0.15) is 0 Å². The van der Waals surface area contributed by atoms with Crippen molar-refractivity contribution in [1.82, 2.24) is 10.3 Å². The molecule has 1 saturated heterocycles. The lowest BCUT2D eigenvalue weighted by molar-refractivity contribution is -0.125. The minimum Gasteiger partial charge on any atom is -0.352 e. The summed E-state index contributed by atoms with van der Waals surface area (Å²) in [5.74, 6) is 0.137. The first-order valence-corrected chi connectivity index (χ1v) is 10.5. The fourth-order valence-corrected chi connectivity index (χ4v) is 4.69. The van der Waals surface area contributed by atoms with Crippen molar-refractivity contribution in [3.05, 3.63) is 58.1 Å². The van der Waals surface area contributed by atoms with Crippen LogP contribution in [0, 0.1) is 5.92 Å². The van der Waals surface area contributed by atoms with Gasteiger partial charge in [-0.3, -0.25) is 4.79 Å². The third kappa shape index (κ3) is 4.21. The summed E-state index contributed by atoms with van der Waals surface area (Å²) in [5.41, 5.74) is 1.88. The Hall–Kier alpha value is -1.82. The molecule has 1 aliphatic rings. The molecule has 1 N–H and O–H groups in total. The molecule has 2 heterocycles. The van der Waals surface area contributed by atoms with Crippen LogP contribution < -0.4 is 10.2 Å². The molecule has 140 valence electrons. The van der Waals surface area contributed by atoms with E-state index in [2.05, 4.69) is 10.2 Å². The number of rotatable bonds is 4. The first-order chi connectivity index (χ1) is 13.1. The van der Waals surface area contributed by atoms with E-state index in [0.29, 0.717) is 16.6 Å². The average molecular weight is 420 g/mol. The van der Waals surface area contributed by atoms with Gasteiger partial charge in [0.25, 0.3) is 0 Å². The Bertz CT molecular complexity index is 967. The van der Waals surface area contributed by atoms with E-state index in [1.165, 1.54) is 0 Å². The maximum atomic E-state index is 12.5. The van der Waals surface area contributed by atoms with Crippen LogP contribution in [-0.4, -0.2) is 24.0 Å². The Morgan fingerprint density at radius 2 is 1.96 bits per heavy atom. The van der Waals surface area contributed by atoms with Crippen LogP contribution in [0.15, 0.2) is 42.5 Å². The third-order valence-electron chi connectivity index (χ3n) is 4.89. The fraction of sp³-hybridized carbons (Fsp3) is 0.300. The summed E-state index contributed by atoms with van der Waals surface area (Å²) < 4.78 is 1.13. The van der Waals surface area contributed by atoms with Crippen molar-refractivity contribution < 1.29 is 4.79 Å². The van der Waals surface area contributed by atoms with Crippen LogP contribution in [0.4, 0.5) is 5.13 Å². The number of carbonyl (C=O) groups excluding carboxylic acids is 1. The lowest BCUT2D eigenvalue weighted by Gasteiger charge is -2.31. The number of hydrogen-bond acceptors (Lipinski definition) is 4. The highest BCUT2D eigenvalue weighted by Crippen LogP contribution is 2.32. The summed E-state index contributed by atoms with van der Waals surface area (Å²) in [6, 6.07) is 13.4. The quantitative estimate of drug-likeness (QED) is 0.636. The molecule has 1 aliphatic heterocycles. The normalized spacial score (nSPS) is 15.3. The predicted octanol–water partition coefficient (Wildman–Crippen LogP) is 5.14. The monoisotopic (exact) mass is 419 g/mol. The van der Waals surface area contributed by atoms with E-state index >= 15 is 0 Å². The van der Waals surface area contributed by atoms with Crippen LogP contribution in [-0.2, 0) is 11.3 Å². The third-order valence-corrected chi connectivity index (χ3v) is 6.59. The van der Waals surface area contributed by atoms with Crippen LogP contribution in [0.2, 0.25) is 10.0 Å². The van der Waals surface area contributed by atoms with E-state index in [4.69, 9.17) is 28.2 Å². The lowest BCUT2D eigenvalue weighted by atomic mass is 9.96. The zero-order valence-corrected chi connectivity index (χ0v) is 16.9. The van der Waals surface area contributed by atoms with Crippen molar-refractivity contribution >= 4 is 55.8 Å². The summed E-state index contributed by atoms with van der Waals surface area (Å²) in [7, 11) is 0. The highest BCUT2D eigenvalue weighted by Gasteiger charge is 2.26. The zero-order valence-electron chi connectivity index (χ0n) is 14.6. The Labute approximate surface area is 172 Å². The molecule has 0 spiro atoms. The Morgan fingerprint density at radius 3 is 2.74 bits per heavy atom. The molecule has 7 heteroatoms. The van der Waals surface area contributed by atoms with Crippen LogP contribution in [0.1, 0.15) is 18.4 Å². The maximum Gasteiger partial charge on any atom is 0.223 e. The van der Waals surface area contributed by atoms with Crippen molar-refractivity contribution in [3.8, 4) is 0 Å². The Balaban J connectivity index is 1.34. The Kier molecular flexibility index (Phi) is 5.53. The van der Waals surface area contributed by atoms with Gasteiger partial charge in [0.2, 0.25) is 5.91 Å². The topological polar surface area (TPSA) is 45.2 Å². The second kappa shape index (κ2) is 8.05. The molecule has 0 unspecified atom stereocenters. The fourth-order valence-electron chi connectivity index (χ4n) is 3.33. The molecule has 27 heavy (non-hydrogen) atoms. The summed E-state index contributed by atoms with van der Waals surface area (Å²) >= 11 is 13.9. The van der Waals surface area contributed by atoms with Gasteiger partial charge in [-0.05, 0) is 42.7 Å². The van der Waals surface area contributed by atoms with Gasteiger partial charge in [0.15, 0.2) is 5.13 Å². The number of hydrogen-bond donors (Lipinski definition) is 1. The van der Waals surface area contributed by atoms with Crippen molar-refractivity contribution in [2.75, 3.05) is 18.0 Å². The number of fused-ring (bicyclic) bond motifs is 1. The van der Waals surface area contributed by atoms with Crippen molar-refractivity contribution in [2.24, 2.45) is 5.92 Å². The number of benzene rings is 2. The number of carbonyl (C=O) groups is 1. The molecular weight excluding hydrogens is 401 g/mol. The minimum atomic E-state index is 0.0348. The van der Waals surface area contributed by atoms with Crippen molar-refractivity contribution in [2.45, 2.75) is 19.4 Å². The van der Waals surface area contributed by atoms with Gasteiger partial charge in [-0.15, -0.1) is 0 Å². The molecule has 0 bridgehead atoms. The molecule has 4 rings (SSSR count). The smallest absolute Gasteiger partial charge is 0.223 e. The molecule has 3 aromatic rings. The minimum absolute atomic E-state index is 0.0348. The second-order valence-corrected chi connectivity index (χ2v) is 8.53. The molecule has 2 aromatic carbocycles. The van der Waals surface area contributed by atoms with E-state index < -0.39 is 0 Å². The van der Waals surface area contributed by atoms with Crippen molar-refractivity contribution in [3.63, 3.8) is 0 Å². The molecule has 0 saturated carbocycles. The van der Waals surface area contributed by atoms with Crippen LogP contribution >= 0.6 is 34.5 Å². The number of piperidine rings is 1. The van der Waals surface area contributed by atoms with E-state index in [1.54, 1.807) is 11.3 Å². The van der Waals surface area contributed by atoms with Gasteiger partial charge < -0.3 is 10.2 Å². The zero-order chi connectivity index (χ0) is 18.8. The molecule has 4 nitrogen and oxygen atoms in total. The van der Waals surface area contributed by atoms with Gasteiger partial charge in [0, 0.05) is 35.6 Å². The number of anilines is 1. The standard InChI is InChI=1S/C20H19Cl2N3OS/c21-15-5-6-18-17(11-15)24-20(27-18)25-9-7-13(8-10-25)19(26)23-12-14-3-1-2-4-16(14)22/h1-6,11,13H,7-10,12H2,(H,23,26). The highest BCUT2D eigenvalue weighted by atomic mass is 35.5. The maximum absolute atomic E-state index is 12.5. The second-order valence-electron chi connectivity index (χ2n) is 6.68. The summed E-state index contributed by atoms with van der Waals surface area (Å²) in [6.45, 7) is 2.13. The van der Waals surface area contributed by atoms with Crippen LogP contribution in [0.3, 0.4) is 0 Å². The number of nitrogens with zero attached hydrogens (tertiary/aromatic N) is 2. The number of aromatic nitrogens is 1. The lowest BCUT2D eigenvalue weighted by Crippen LogP contribution is -2.40. The first-order valence-electron chi connectivity index (χ1n) is 8.92. The number of halogens is 2. The number of thiazole rings is 1. The first kappa shape index (κ1) is 18.5. The molecular formula is C20H19Cl2N3OS. The summed E-state index contributed by atoms with van der Waals surface area (Å²) in [4.78, 5) is 19.5. The Morgan fingerprint density at radius 1 is 1.19 bits per heavy atom. The molecule has 1 fully saturated rings. The average Bonchev–Trinajstić information content (AvgIpc) is 3.10. The summed E-state index contributed by atoms with van der Waals surface area (Å²) in [6.07, 6.45) is 1.65. The molecule has 0 radical (unpaired) electrons. The highest BCUT2D eigenvalue weighted by molar-refractivity contribution is 7.22. The number of nitrogens with one attached hydrogen (secondary N) is 1. The van der Waals surface area contributed by atoms with E-state index in [1.807, 2.05) is 42.5 Å².